The molecule has 1 N–H and O–H groups in total. The number of esters is 1. The molecular formula is C34H32N2O9S. The fourth-order valence-corrected chi connectivity index (χ4v) is 6.13. The molecule has 3 aromatic carbocycles. The Bertz CT molecular complexity index is 1970. The third-order valence-electron chi connectivity index (χ3n) is 7.30. The van der Waals surface area contributed by atoms with Gasteiger partial charge in [0, 0.05) is 0 Å². The molecule has 1 aliphatic heterocycles. The Balaban J connectivity index is 1.51. The second-order valence-electron chi connectivity index (χ2n) is 10.1. The van der Waals surface area contributed by atoms with Crippen LogP contribution in [0.5, 0.6) is 23.0 Å². The summed E-state index contributed by atoms with van der Waals surface area (Å²) in [6.45, 7) is 3.85. The number of fused-ring (bicyclic) bond motifs is 1. The van der Waals surface area contributed by atoms with E-state index < -0.39 is 18.0 Å². The lowest BCUT2D eigenvalue weighted by molar-refractivity contribution is -0.139. The zero-order chi connectivity index (χ0) is 33.0. The Labute approximate surface area is 268 Å². The maximum Gasteiger partial charge on any atom is 0.338 e. The van der Waals surface area contributed by atoms with E-state index in [0.717, 1.165) is 11.1 Å². The molecule has 46 heavy (non-hydrogen) atoms. The number of carboxylic acids is 1. The molecule has 0 aliphatic carbocycles. The van der Waals surface area contributed by atoms with Crippen LogP contribution in [-0.2, 0) is 16.1 Å². The molecular weight excluding hydrogens is 612 g/mol. The first-order valence-electron chi connectivity index (χ1n) is 14.2. The quantitative estimate of drug-likeness (QED) is 0.240. The molecule has 1 atom stereocenters. The minimum atomic E-state index is -0.984. The molecule has 1 unspecified atom stereocenters. The van der Waals surface area contributed by atoms with E-state index in [1.54, 1.807) is 56.3 Å². The number of hydrogen-bond acceptors (Lipinski definition) is 10. The fraction of sp³-hybridized carbons (Fsp3) is 0.235. The number of ether oxygens (including phenoxy) is 5. The van der Waals surface area contributed by atoms with Crippen LogP contribution in [0.15, 0.2) is 81.7 Å². The monoisotopic (exact) mass is 644 g/mol. The average Bonchev–Trinajstić information content (AvgIpc) is 3.36. The minimum absolute atomic E-state index is 0.152. The van der Waals surface area contributed by atoms with Gasteiger partial charge in [0.25, 0.3) is 5.56 Å². The van der Waals surface area contributed by atoms with Gasteiger partial charge < -0.3 is 28.8 Å². The van der Waals surface area contributed by atoms with Gasteiger partial charge >= 0.3 is 11.9 Å². The van der Waals surface area contributed by atoms with Crippen LogP contribution in [0.3, 0.4) is 0 Å². The minimum Gasteiger partial charge on any atom is -0.493 e. The molecule has 2 heterocycles. The van der Waals surface area contributed by atoms with Crippen molar-refractivity contribution in [1.29, 1.82) is 0 Å². The van der Waals surface area contributed by atoms with E-state index in [4.69, 9.17) is 28.8 Å². The number of methoxy groups -OCH3 is 3. The summed E-state index contributed by atoms with van der Waals surface area (Å²) in [5.41, 5.74) is 2.68. The lowest BCUT2D eigenvalue weighted by Gasteiger charge is -2.26. The van der Waals surface area contributed by atoms with Crippen LogP contribution < -0.4 is 33.8 Å². The van der Waals surface area contributed by atoms with Gasteiger partial charge in [0.15, 0.2) is 16.3 Å². The summed E-state index contributed by atoms with van der Waals surface area (Å²) >= 11 is 1.21. The van der Waals surface area contributed by atoms with Crippen LogP contribution in [0.1, 0.15) is 46.9 Å². The number of aromatic carboxylic acids is 1. The number of carboxylic acid groups (broad SMARTS) is 1. The molecule has 0 fully saturated rings. The van der Waals surface area contributed by atoms with Crippen molar-refractivity contribution in [3.05, 3.63) is 114 Å². The zero-order valence-electron chi connectivity index (χ0n) is 25.9. The van der Waals surface area contributed by atoms with Crippen molar-refractivity contribution < 1.29 is 38.4 Å². The van der Waals surface area contributed by atoms with E-state index in [-0.39, 0.29) is 29.9 Å². The lowest BCUT2D eigenvalue weighted by atomic mass is 9.95. The highest BCUT2D eigenvalue weighted by molar-refractivity contribution is 7.07. The molecule has 0 amide bonds. The molecule has 1 aliphatic rings. The number of hydrogen-bond donors (Lipinski definition) is 1. The molecule has 12 heteroatoms. The van der Waals surface area contributed by atoms with Crippen LogP contribution in [-0.4, -0.2) is 49.5 Å². The van der Waals surface area contributed by atoms with Crippen LogP contribution in [0.4, 0.5) is 0 Å². The van der Waals surface area contributed by atoms with Crippen molar-refractivity contribution in [3.8, 4) is 23.0 Å². The van der Waals surface area contributed by atoms with E-state index in [0.29, 0.717) is 43.6 Å². The summed E-state index contributed by atoms with van der Waals surface area (Å²) in [4.78, 5) is 43.4. The van der Waals surface area contributed by atoms with Crippen LogP contribution in [0, 0.1) is 0 Å². The first-order chi connectivity index (χ1) is 22.2. The number of carbonyl (C=O) groups is 2. The summed E-state index contributed by atoms with van der Waals surface area (Å²) in [6.07, 6.45) is 1.76. The second kappa shape index (κ2) is 13.7. The smallest absolute Gasteiger partial charge is 0.338 e. The molecule has 11 nitrogen and oxygen atoms in total. The van der Waals surface area contributed by atoms with Gasteiger partial charge in [-0.15, -0.1) is 0 Å². The molecule has 0 spiro atoms. The van der Waals surface area contributed by atoms with Crippen molar-refractivity contribution in [1.82, 2.24) is 4.57 Å². The standard InChI is InChI=1S/C34H32N2O9S/c1-6-44-33(40)28-19(2)35-34-36(29(28)23-16-25(41-3)30(43-5)26(17-23)42-4)31(37)27(46-34)15-20-9-13-24(14-10-20)45-18-21-7-11-22(12-8-21)32(38)39/h7-17,29H,6,18H2,1-5H3,(H,38,39)/b27-15+. The summed E-state index contributed by atoms with van der Waals surface area (Å²) in [5.74, 6) is 0.167. The van der Waals surface area contributed by atoms with Crippen LogP contribution in [0.25, 0.3) is 6.08 Å². The van der Waals surface area contributed by atoms with Crippen molar-refractivity contribution in [2.75, 3.05) is 27.9 Å². The van der Waals surface area contributed by atoms with Crippen molar-refractivity contribution in [2.24, 2.45) is 4.99 Å². The topological polar surface area (TPSA) is 135 Å². The summed E-state index contributed by atoms with van der Waals surface area (Å²) in [6, 6.07) is 16.3. The predicted octanol–water partition coefficient (Wildman–Crippen LogP) is 4.10. The number of carbonyl (C=O) groups excluding carboxylic acids is 1. The highest BCUT2D eigenvalue weighted by Crippen LogP contribution is 2.42. The van der Waals surface area contributed by atoms with Crippen molar-refractivity contribution in [3.63, 3.8) is 0 Å². The Kier molecular flexibility index (Phi) is 9.57. The Morgan fingerprint density at radius 3 is 2.20 bits per heavy atom. The van der Waals surface area contributed by atoms with Gasteiger partial charge in [-0.1, -0.05) is 35.6 Å². The van der Waals surface area contributed by atoms with Gasteiger partial charge in [-0.05, 0) is 73.0 Å². The van der Waals surface area contributed by atoms with Gasteiger partial charge in [-0.25, -0.2) is 14.6 Å². The average molecular weight is 645 g/mol. The van der Waals surface area contributed by atoms with Gasteiger partial charge in [0.1, 0.15) is 12.4 Å². The predicted molar refractivity (Wildman–Crippen MR) is 171 cm³/mol. The largest absolute Gasteiger partial charge is 0.493 e. The van der Waals surface area contributed by atoms with Gasteiger partial charge in [-0.2, -0.15) is 0 Å². The summed E-state index contributed by atoms with van der Waals surface area (Å²) in [5, 5.41) is 9.07. The first kappa shape index (κ1) is 32.0. The molecule has 0 saturated heterocycles. The zero-order valence-corrected chi connectivity index (χ0v) is 26.7. The van der Waals surface area contributed by atoms with E-state index >= 15 is 0 Å². The molecule has 4 aromatic rings. The molecule has 238 valence electrons. The third-order valence-corrected chi connectivity index (χ3v) is 8.29. The number of benzene rings is 3. The first-order valence-corrected chi connectivity index (χ1v) is 15.0. The maximum absolute atomic E-state index is 14.0. The number of rotatable bonds is 11. The highest BCUT2D eigenvalue weighted by atomic mass is 32.1. The van der Waals surface area contributed by atoms with Crippen LogP contribution >= 0.6 is 11.3 Å². The number of thiazole rings is 1. The highest BCUT2D eigenvalue weighted by Gasteiger charge is 2.34. The van der Waals surface area contributed by atoms with E-state index in [1.165, 1.54) is 49.4 Å². The Morgan fingerprint density at radius 2 is 1.63 bits per heavy atom. The number of nitrogens with zero attached hydrogens (tertiary/aromatic N) is 2. The Hall–Kier alpha value is -5.36. The van der Waals surface area contributed by atoms with E-state index in [9.17, 15) is 14.4 Å². The molecule has 0 saturated carbocycles. The van der Waals surface area contributed by atoms with E-state index in [1.807, 2.05) is 12.1 Å². The lowest BCUT2D eigenvalue weighted by Crippen LogP contribution is -2.40. The normalized spacial score (nSPS) is 14.3. The number of aromatic nitrogens is 1. The molecule has 0 radical (unpaired) electrons. The fourth-order valence-electron chi connectivity index (χ4n) is 5.09. The SMILES string of the molecule is CCOC(=O)C1=C(C)N=c2s/c(=C/c3ccc(OCc4ccc(C(=O)O)cc4)cc3)c(=O)n2C1c1cc(OC)c(OC)c(OC)c1. The van der Waals surface area contributed by atoms with Gasteiger partial charge in [-0.3, -0.25) is 9.36 Å². The van der Waals surface area contributed by atoms with Crippen molar-refractivity contribution in [2.45, 2.75) is 26.5 Å². The third kappa shape index (κ3) is 6.38. The van der Waals surface area contributed by atoms with Crippen molar-refractivity contribution >= 4 is 29.4 Å². The van der Waals surface area contributed by atoms with Crippen LogP contribution in [0.2, 0.25) is 0 Å². The Morgan fingerprint density at radius 1 is 0.978 bits per heavy atom. The summed E-state index contributed by atoms with van der Waals surface area (Å²) in [7, 11) is 4.49. The summed E-state index contributed by atoms with van der Waals surface area (Å²) < 4.78 is 29.8. The van der Waals surface area contributed by atoms with Gasteiger partial charge in [0.2, 0.25) is 5.75 Å². The number of allylic oxidation sites excluding steroid dienone is 1. The van der Waals surface area contributed by atoms with Gasteiger partial charge in [0.05, 0.1) is 55.3 Å². The molecule has 0 bridgehead atoms. The maximum atomic E-state index is 14.0. The molecule has 5 rings (SSSR count). The second-order valence-corrected chi connectivity index (χ2v) is 11.1. The van der Waals surface area contributed by atoms with E-state index in [2.05, 4.69) is 4.99 Å². The molecule has 1 aromatic heterocycles.